The number of pyridine rings is 1. The van der Waals surface area contributed by atoms with Crippen molar-refractivity contribution in [1.82, 2.24) is 29.4 Å². The first-order valence-electron chi connectivity index (χ1n) is 9.80. The van der Waals surface area contributed by atoms with Crippen molar-refractivity contribution >= 4 is 11.2 Å². The van der Waals surface area contributed by atoms with E-state index in [4.69, 9.17) is 0 Å². The molecule has 30 heavy (non-hydrogen) atoms. The lowest BCUT2D eigenvalue weighted by atomic mass is 9.98. The van der Waals surface area contributed by atoms with Crippen molar-refractivity contribution in [2.75, 3.05) is 11.4 Å². The third-order valence-electron chi connectivity index (χ3n) is 5.60. The summed E-state index contributed by atoms with van der Waals surface area (Å²) in [7, 11) is 0. The number of fused-ring (bicyclic) bond motifs is 2. The smallest absolute Gasteiger partial charge is 0.148 e. The predicted octanol–water partition coefficient (Wildman–Crippen LogP) is 3.53. The van der Waals surface area contributed by atoms with Crippen LogP contribution in [0.1, 0.15) is 23.1 Å². The molecular formula is C22H18FN7. The Morgan fingerprint density at radius 3 is 2.83 bits per heavy atom. The Labute approximate surface area is 171 Å². The quantitative estimate of drug-likeness (QED) is 0.504. The molecular weight excluding hydrogens is 381 g/mol. The van der Waals surface area contributed by atoms with Crippen LogP contribution in [0.15, 0.2) is 73.4 Å². The minimum absolute atomic E-state index is 0.216. The zero-order valence-corrected chi connectivity index (χ0v) is 16.0. The number of nitrogens with one attached hydrogen (secondary N) is 1. The summed E-state index contributed by atoms with van der Waals surface area (Å²) in [5.74, 6) is -0.290. The number of halogens is 1. The summed E-state index contributed by atoms with van der Waals surface area (Å²) in [6.45, 7) is 0.790. The van der Waals surface area contributed by atoms with E-state index in [1.807, 2.05) is 35.1 Å². The standard InChI is InChI=1S/C22H18FN7/c23-17-6-2-9-30-20(17)13-19(27-30)22-21-18(24-14-25-21)7-11-28(22)15-4-1-5-16(12-15)29-10-3-8-26-29/h1-6,8-10,12-14,22H,7,11H2,(H,24,25)/t22-/m1/s1. The van der Waals surface area contributed by atoms with Crippen molar-refractivity contribution in [2.45, 2.75) is 12.5 Å². The second-order valence-electron chi connectivity index (χ2n) is 7.34. The van der Waals surface area contributed by atoms with Gasteiger partial charge in [0.25, 0.3) is 0 Å². The number of anilines is 1. The van der Waals surface area contributed by atoms with E-state index in [1.54, 1.807) is 29.3 Å². The van der Waals surface area contributed by atoms with Crippen LogP contribution in [0, 0.1) is 5.82 Å². The molecule has 0 amide bonds. The molecule has 0 saturated heterocycles. The Balaban J connectivity index is 1.50. The third kappa shape index (κ3) is 2.61. The highest BCUT2D eigenvalue weighted by molar-refractivity contribution is 5.59. The average molecular weight is 399 g/mol. The van der Waals surface area contributed by atoms with E-state index in [0.29, 0.717) is 5.52 Å². The largest absolute Gasteiger partial charge is 0.357 e. The van der Waals surface area contributed by atoms with E-state index >= 15 is 0 Å². The maximum absolute atomic E-state index is 14.3. The van der Waals surface area contributed by atoms with Gasteiger partial charge in [-0.1, -0.05) is 6.07 Å². The number of nitrogens with zero attached hydrogens (tertiary/aromatic N) is 6. The van der Waals surface area contributed by atoms with Gasteiger partial charge in [0, 0.05) is 42.9 Å². The first-order valence-corrected chi connectivity index (χ1v) is 9.80. The Hall–Kier alpha value is -3.94. The molecule has 1 N–H and O–H groups in total. The van der Waals surface area contributed by atoms with Crippen molar-refractivity contribution in [1.29, 1.82) is 0 Å². The van der Waals surface area contributed by atoms with Crippen molar-refractivity contribution < 1.29 is 4.39 Å². The van der Waals surface area contributed by atoms with Gasteiger partial charge in [-0.2, -0.15) is 10.2 Å². The Morgan fingerprint density at radius 1 is 1.03 bits per heavy atom. The van der Waals surface area contributed by atoms with E-state index in [-0.39, 0.29) is 11.9 Å². The number of rotatable bonds is 3. The number of hydrogen-bond acceptors (Lipinski definition) is 4. The molecule has 1 aliphatic heterocycles. The summed E-state index contributed by atoms with van der Waals surface area (Å²) >= 11 is 0. The number of aromatic nitrogens is 6. The Bertz CT molecular complexity index is 1330. The van der Waals surface area contributed by atoms with E-state index in [9.17, 15) is 4.39 Å². The lowest BCUT2D eigenvalue weighted by molar-refractivity contribution is 0.615. The monoisotopic (exact) mass is 399 g/mol. The molecule has 5 heterocycles. The summed E-state index contributed by atoms with van der Waals surface area (Å²) < 4.78 is 17.8. The molecule has 0 radical (unpaired) electrons. The van der Waals surface area contributed by atoms with Crippen LogP contribution in [0.2, 0.25) is 0 Å². The fourth-order valence-electron chi connectivity index (χ4n) is 4.22. The molecule has 148 valence electrons. The number of aromatic amines is 1. The molecule has 0 unspecified atom stereocenters. The molecule has 1 atom stereocenters. The Kier molecular flexibility index (Phi) is 3.70. The second-order valence-corrected chi connectivity index (χ2v) is 7.34. The maximum atomic E-state index is 14.3. The summed E-state index contributed by atoms with van der Waals surface area (Å²) in [6, 6.07) is 14.8. The van der Waals surface area contributed by atoms with Crippen LogP contribution in [0.3, 0.4) is 0 Å². The highest BCUT2D eigenvalue weighted by atomic mass is 19.1. The minimum Gasteiger partial charge on any atom is -0.357 e. The molecule has 4 aromatic heterocycles. The lowest BCUT2D eigenvalue weighted by Gasteiger charge is -2.36. The van der Waals surface area contributed by atoms with Crippen LogP contribution in [0.25, 0.3) is 11.2 Å². The number of H-pyrrole nitrogens is 1. The van der Waals surface area contributed by atoms with Gasteiger partial charge >= 0.3 is 0 Å². The molecule has 0 fully saturated rings. The molecule has 5 aromatic rings. The fourth-order valence-corrected chi connectivity index (χ4v) is 4.22. The van der Waals surface area contributed by atoms with Crippen LogP contribution in [-0.4, -0.2) is 35.9 Å². The van der Waals surface area contributed by atoms with Gasteiger partial charge < -0.3 is 9.88 Å². The third-order valence-corrected chi connectivity index (χ3v) is 5.60. The molecule has 8 heteroatoms. The first kappa shape index (κ1) is 17.0. The predicted molar refractivity (Wildman–Crippen MR) is 110 cm³/mol. The van der Waals surface area contributed by atoms with Gasteiger partial charge in [-0.3, -0.25) is 0 Å². The van der Waals surface area contributed by atoms with Gasteiger partial charge in [-0.05, 0) is 42.5 Å². The average Bonchev–Trinajstić information content (AvgIpc) is 3.53. The van der Waals surface area contributed by atoms with Crippen molar-refractivity contribution in [3.8, 4) is 5.69 Å². The van der Waals surface area contributed by atoms with Gasteiger partial charge in [0.2, 0.25) is 0 Å². The Morgan fingerprint density at radius 2 is 1.97 bits per heavy atom. The van der Waals surface area contributed by atoms with Gasteiger partial charge in [0.05, 0.1) is 23.4 Å². The molecule has 0 aliphatic carbocycles. The number of benzene rings is 1. The van der Waals surface area contributed by atoms with Crippen molar-refractivity contribution in [2.24, 2.45) is 0 Å². The van der Waals surface area contributed by atoms with Crippen LogP contribution in [0.4, 0.5) is 10.1 Å². The molecule has 0 bridgehead atoms. The van der Waals surface area contributed by atoms with E-state index in [2.05, 4.69) is 37.2 Å². The van der Waals surface area contributed by atoms with E-state index < -0.39 is 0 Å². The highest BCUT2D eigenvalue weighted by Gasteiger charge is 2.33. The van der Waals surface area contributed by atoms with E-state index in [1.165, 1.54) is 6.07 Å². The van der Waals surface area contributed by atoms with Gasteiger partial charge in [-0.15, -0.1) is 0 Å². The molecule has 6 rings (SSSR count). The SMILES string of the molecule is Fc1cccn2nc([C@@H]3c4nc[nH]c4CCN3c3cccc(-n4cccn4)c3)cc12. The zero-order chi connectivity index (χ0) is 20.1. The second kappa shape index (κ2) is 6.55. The lowest BCUT2D eigenvalue weighted by Crippen LogP contribution is -2.36. The van der Waals surface area contributed by atoms with Crippen LogP contribution < -0.4 is 4.90 Å². The molecule has 0 saturated carbocycles. The summed E-state index contributed by atoms with van der Waals surface area (Å²) in [4.78, 5) is 10.1. The van der Waals surface area contributed by atoms with E-state index in [0.717, 1.165) is 41.4 Å². The van der Waals surface area contributed by atoms with Gasteiger partial charge in [-0.25, -0.2) is 18.6 Å². The molecule has 1 aliphatic rings. The normalized spacial score (nSPS) is 16.2. The molecule has 1 aromatic carbocycles. The van der Waals surface area contributed by atoms with Gasteiger partial charge in [0.15, 0.2) is 0 Å². The zero-order valence-electron chi connectivity index (χ0n) is 16.0. The summed E-state index contributed by atoms with van der Waals surface area (Å²) in [6.07, 6.45) is 8.01. The van der Waals surface area contributed by atoms with Crippen LogP contribution in [-0.2, 0) is 6.42 Å². The number of hydrogen-bond donors (Lipinski definition) is 1. The van der Waals surface area contributed by atoms with Crippen LogP contribution >= 0.6 is 0 Å². The number of imidazole rings is 1. The molecule has 0 spiro atoms. The van der Waals surface area contributed by atoms with Crippen molar-refractivity contribution in [3.63, 3.8) is 0 Å². The summed E-state index contributed by atoms with van der Waals surface area (Å²) in [5.41, 5.74) is 5.26. The topological polar surface area (TPSA) is 67.0 Å². The maximum Gasteiger partial charge on any atom is 0.148 e. The first-order chi connectivity index (χ1) is 14.8. The van der Waals surface area contributed by atoms with Gasteiger partial charge in [0.1, 0.15) is 17.4 Å². The highest BCUT2D eigenvalue weighted by Crippen LogP contribution is 2.37. The minimum atomic E-state index is -0.290. The fraction of sp³-hybridized carbons (Fsp3) is 0.136. The van der Waals surface area contributed by atoms with Crippen molar-refractivity contribution in [3.05, 3.63) is 96.3 Å². The van der Waals surface area contributed by atoms with Crippen LogP contribution in [0.5, 0.6) is 0 Å². The summed E-state index contributed by atoms with van der Waals surface area (Å²) in [5, 5.41) is 9.03. The molecule has 7 nitrogen and oxygen atoms in total.